The van der Waals surface area contributed by atoms with Crippen LogP contribution in [0.15, 0.2) is 12.4 Å². The maximum atomic E-state index is 4.30. The predicted molar refractivity (Wildman–Crippen MR) is 59.4 cm³/mol. The van der Waals surface area contributed by atoms with Gasteiger partial charge in [-0.25, -0.2) is 4.98 Å². The Morgan fingerprint density at radius 1 is 1.50 bits per heavy atom. The van der Waals surface area contributed by atoms with Crippen molar-refractivity contribution in [2.45, 2.75) is 46.2 Å². The predicted octanol–water partition coefficient (Wildman–Crippen LogP) is 1.83. The summed E-state index contributed by atoms with van der Waals surface area (Å²) in [6.07, 6.45) is 6.14. The number of rotatable bonds is 6. The molecule has 0 aromatic carbocycles. The molecule has 1 N–H and O–H groups in total. The SMILES string of the molecule is CCCNC(C)Cn1ccnc1CC. The minimum atomic E-state index is 0.523. The first-order chi connectivity index (χ1) is 6.77. The Morgan fingerprint density at radius 2 is 2.29 bits per heavy atom. The average molecular weight is 195 g/mol. The molecule has 1 rings (SSSR count). The second kappa shape index (κ2) is 5.81. The smallest absolute Gasteiger partial charge is 0.108 e. The van der Waals surface area contributed by atoms with Crippen LogP contribution in [0.3, 0.4) is 0 Å². The van der Waals surface area contributed by atoms with Crippen LogP contribution in [-0.4, -0.2) is 22.1 Å². The van der Waals surface area contributed by atoms with Gasteiger partial charge in [0, 0.05) is 31.4 Å². The zero-order valence-corrected chi connectivity index (χ0v) is 9.45. The van der Waals surface area contributed by atoms with E-state index in [0.29, 0.717) is 6.04 Å². The van der Waals surface area contributed by atoms with Crippen LogP contribution in [0.5, 0.6) is 0 Å². The minimum Gasteiger partial charge on any atom is -0.333 e. The number of nitrogens with one attached hydrogen (secondary N) is 1. The summed E-state index contributed by atoms with van der Waals surface area (Å²) in [4.78, 5) is 4.30. The topological polar surface area (TPSA) is 29.9 Å². The quantitative estimate of drug-likeness (QED) is 0.750. The van der Waals surface area contributed by atoms with Crippen LogP contribution >= 0.6 is 0 Å². The Balaban J connectivity index is 2.42. The van der Waals surface area contributed by atoms with Gasteiger partial charge < -0.3 is 9.88 Å². The van der Waals surface area contributed by atoms with E-state index in [9.17, 15) is 0 Å². The van der Waals surface area contributed by atoms with E-state index in [1.54, 1.807) is 0 Å². The van der Waals surface area contributed by atoms with Gasteiger partial charge in [0.15, 0.2) is 0 Å². The van der Waals surface area contributed by atoms with Gasteiger partial charge in [-0.15, -0.1) is 0 Å². The van der Waals surface area contributed by atoms with Gasteiger partial charge >= 0.3 is 0 Å². The minimum absolute atomic E-state index is 0.523. The highest BCUT2D eigenvalue weighted by molar-refractivity contribution is 4.92. The zero-order chi connectivity index (χ0) is 10.4. The van der Waals surface area contributed by atoms with Gasteiger partial charge in [-0.3, -0.25) is 0 Å². The molecule has 0 amide bonds. The van der Waals surface area contributed by atoms with Crippen molar-refractivity contribution in [3.63, 3.8) is 0 Å². The second-order valence-corrected chi connectivity index (χ2v) is 3.70. The molecule has 3 heteroatoms. The molecule has 0 saturated heterocycles. The van der Waals surface area contributed by atoms with Crippen LogP contribution in [0.25, 0.3) is 0 Å². The van der Waals surface area contributed by atoms with E-state index >= 15 is 0 Å². The van der Waals surface area contributed by atoms with E-state index < -0.39 is 0 Å². The van der Waals surface area contributed by atoms with Crippen molar-refractivity contribution in [2.75, 3.05) is 6.54 Å². The van der Waals surface area contributed by atoms with Crippen molar-refractivity contribution in [3.8, 4) is 0 Å². The molecule has 0 radical (unpaired) electrons. The maximum Gasteiger partial charge on any atom is 0.108 e. The molecule has 0 aliphatic heterocycles. The van der Waals surface area contributed by atoms with Crippen molar-refractivity contribution in [2.24, 2.45) is 0 Å². The normalized spacial score (nSPS) is 13.1. The lowest BCUT2D eigenvalue weighted by molar-refractivity contribution is 0.469. The molecule has 0 aliphatic carbocycles. The second-order valence-electron chi connectivity index (χ2n) is 3.70. The fourth-order valence-corrected chi connectivity index (χ4v) is 1.57. The summed E-state index contributed by atoms with van der Waals surface area (Å²) in [6.45, 7) is 8.66. The number of aromatic nitrogens is 2. The van der Waals surface area contributed by atoms with Gasteiger partial charge in [-0.05, 0) is 19.9 Å². The Labute approximate surface area is 86.5 Å². The van der Waals surface area contributed by atoms with Crippen molar-refractivity contribution in [1.29, 1.82) is 0 Å². The lowest BCUT2D eigenvalue weighted by Crippen LogP contribution is -2.31. The van der Waals surface area contributed by atoms with E-state index in [0.717, 1.165) is 19.5 Å². The van der Waals surface area contributed by atoms with Crippen LogP contribution in [0.1, 0.15) is 33.0 Å². The molecule has 1 aromatic heterocycles. The van der Waals surface area contributed by atoms with Crippen molar-refractivity contribution in [3.05, 3.63) is 18.2 Å². The lowest BCUT2D eigenvalue weighted by Gasteiger charge is -2.15. The van der Waals surface area contributed by atoms with Crippen LogP contribution in [0, 0.1) is 0 Å². The number of aryl methyl sites for hydroxylation is 1. The fraction of sp³-hybridized carbons (Fsp3) is 0.727. The van der Waals surface area contributed by atoms with Crippen LogP contribution in [0.2, 0.25) is 0 Å². The summed E-state index contributed by atoms with van der Waals surface area (Å²) in [6, 6.07) is 0.523. The summed E-state index contributed by atoms with van der Waals surface area (Å²) in [5, 5.41) is 3.47. The van der Waals surface area contributed by atoms with Gasteiger partial charge in [-0.2, -0.15) is 0 Å². The van der Waals surface area contributed by atoms with Gasteiger partial charge in [-0.1, -0.05) is 13.8 Å². The number of imidazole rings is 1. The number of nitrogens with zero attached hydrogens (tertiary/aromatic N) is 2. The summed E-state index contributed by atoms with van der Waals surface area (Å²) >= 11 is 0. The summed E-state index contributed by atoms with van der Waals surface area (Å²) in [5.41, 5.74) is 0. The molecule has 1 atom stereocenters. The van der Waals surface area contributed by atoms with Crippen LogP contribution < -0.4 is 5.32 Å². The number of hydrogen-bond donors (Lipinski definition) is 1. The molecular formula is C11H21N3. The lowest BCUT2D eigenvalue weighted by atomic mass is 10.3. The molecule has 0 saturated carbocycles. The van der Waals surface area contributed by atoms with E-state index in [4.69, 9.17) is 0 Å². The standard InChI is InChI=1S/C11H21N3/c1-4-6-12-10(3)9-14-8-7-13-11(14)5-2/h7-8,10,12H,4-6,9H2,1-3H3. The molecule has 0 spiro atoms. The van der Waals surface area contributed by atoms with E-state index in [1.807, 2.05) is 6.20 Å². The van der Waals surface area contributed by atoms with E-state index in [-0.39, 0.29) is 0 Å². The Bertz CT molecular complexity index is 255. The first kappa shape index (κ1) is 11.2. The van der Waals surface area contributed by atoms with Gasteiger partial charge in [0.1, 0.15) is 5.82 Å². The highest BCUT2D eigenvalue weighted by Gasteiger charge is 2.04. The van der Waals surface area contributed by atoms with Crippen LogP contribution in [0.4, 0.5) is 0 Å². The summed E-state index contributed by atoms with van der Waals surface area (Å²) < 4.78 is 2.23. The average Bonchev–Trinajstić information content (AvgIpc) is 2.62. The Hall–Kier alpha value is -0.830. The highest BCUT2D eigenvalue weighted by atomic mass is 15.1. The van der Waals surface area contributed by atoms with E-state index in [1.165, 1.54) is 12.2 Å². The zero-order valence-electron chi connectivity index (χ0n) is 9.45. The maximum absolute atomic E-state index is 4.30. The van der Waals surface area contributed by atoms with Crippen LogP contribution in [-0.2, 0) is 13.0 Å². The fourth-order valence-electron chi connectivity index (χ4n) is 1.57. The highest BCUT2D eigenvalue weighted by Crippen LogP contribution is 2.00. The monoisotopic (exact) mass is 195 g/mol. The molecule has 0 bridgehead atoms. The molecule has 1 aromatic rings. The molecule has 80 valence electrons. The van der Waals surface area contributed by atoms with Gasteiger partial charge in [0.25, 0.3) is 0 Å². The Morgan fingerprint density at radius 3 is 2.93 bits per heavy atom. The van der Waals surface area contributed by atoms with Crippen molar-refractivity contribution >= 4 is 0 Å². The molecular weight excluding hydrogens is 174 g/mol. The third-order valence-corrected chi connectivity index (χ3v) is 2.33. The molecule has 14 heavy (non-hydrogen) atoms. The molecule has 1 unspecified atom stereocenters. The number of hydrogen-bond acceptors (Lipinski definition) is 2. The first-order valence-corrected chi connectivity index (χ1v) is 5.51. The molecule has 0 fully saturated rings. The molecule has 0 aliphatic rings. The van der Waals surface area contributed by atoms with Crippen molar-refractivity contribution < 1.29 is 0 Å². The van der Waals surface area contributed by atoms with Crippen molar-refractivity contribution in [1.82, 2.24) is 14.9 Å². The Kier molecular flexibility index (Phi) is 4.66. The molecule has 3 nitrogen and oxygen atoms in total. The summed E-state index contributed by atoms with van der Waals surface area (Å²) in [5.74, 6) is 1.18. The third-order valence-electron chi connectivity index (χ3n) is 2.33. The van der Waals surface area contributed by atoms with E-state index in [2.05, 4.69) is 41.8 Å². The molecule has 1 heterocycles. The summed E-state index contributed by atoms with van der Waals surface area (Å²) in [7, 11) is 0. The van der Waals surface area contributed by atoms with Gasteiger partial charge in [0.05, 0.1) is 0 Å². The third kappa shape index (κ3) is 3.14. The first-order valence-electron chi connectivity index (χ1n) is 5.51. The van der Waals surface area contributed by atoms with Gasteiger partial charge in [0.2, 0.25) is 0 Å². The largest absolute Gasteiger partial charge is 0.333 e.